The second-order valence-corrected chi connectivity index (χ2v) is 4.04. The molecule has 0 N–H and O–H groups in total. The number of rotatable bonds is 1. The number of amides is 1. The van der Waals surface area contributed by atoms with Gasteiger partial charge in [-0.15, -0.1) is 11.8 Å². The molecule has 0 bridgehead atoms. The van der Waals surface area contributed by atoms with Gasteiger partial charge in [0.05, 0.1) is 18.9 Å². The first-order chi connectivity index (χ1) is 5.74. The summed E-state index contributed by atoms with van der Waals surface area (Å²) in [5.74, 6) is 0.460. The quantitative estimate of drug-likeness (QED) is 0.422. The molecule has 0 aliphatic carbocycles. The van der Waals surface area contributed by atoms with Gasteiger partial charge in [0.1, 0.15) is 6.04 Å². The average Bonchev–Trinajstić information content (AvgIpc) is 2.40. The molecule has 2 aliphatic heterocycles. The first-order valence-corrected chi connectivity index (χ1v) is 4.79. The predicted molar refractivity (Wildman–Crippen MR) is 43.5 cm³/mol. The zero-order valence-electron chi connectivity index (χ0n) is 6.65. The Bertz CT molecular complexity index is 243. The second kappa shape index (κ2) is 2.65. The highest BCUT2D eigenvalue weighted by Gasteiger charge is 2.49. The van der Waals surface area contributed by atoms with Gasteiger partial charge in [0, 0.05) is 5.75 Å². The smallest absolute Gasteiger partial charge is 0.329 e. The topological polar surface area (TPSA) is 46.6 Å². The van der Waals surface area contributed by atoms with Crippen LogP contribution >= 0.6 is 11.8 Å². The Morgan fingerprint density at radius 1 is 1.75 bits per heavy atom. The Balaban J connectivity index is 2.08. The van der Waals surface area contributed by atoms with Crippen molar-refractivity contribution in [1.82, 2.24) is 4.90 Å². The van der Waals surface area contributed by atoms with E-state index in [2.05, 4.69) is 4.74 Å². The van der Waals surface area contributed by atoms with E-state index in [1.807, 2.05) is 0 Å². The van der Waals surface area contributed by atoms with Gasteiger partial charge >= 0.3 is 5.97 Å². The van der Waals surface area contributed by atoms with Crippen LogP contribution in [-0.4, -0.2) is 41.1 Å². The number of esters is 1. The lowest BCUT2D eigenvalue weighted by Crippen LogP contribution is -2.54. The highest BCUT2D eigenvalue weighted by atomic mass is 32.2. The molecule has 0 aromatic rings. The predicted octanol–water partition coefficient (Wildman–Crippen LogP) is -0.167. The van der Waals surface area contributed by atoms with Crippen LogP contribution in [0.2, 0.25) is 0 Å². The van der Waals surface area contributed by atoms with E-state index in [-0.39, 0.29) is 23.3 Å². The number of β-lactam (4-membered cyclic amide) rings is 1. The molecule has 0 aromatic heterocycles. The summed E-state index contributed by atoms with van der Waals surface area (Å²) in [6.07, 6.45) is 0.582. The highest BCUT2D eigenvalue weighted by molar-refractivity contribution is 8.00. The minimum atomic E-state index is -0.328. The van der Waals surface area contributed by atoms with Crippen LogP contribution in [0.15, 0.2) is 0 Å². The zero-order valence-corrected chi connectivity index (χ0v) is 7.47. The van der Waals surface area contributed by atoms with Gasteiger partial charge in [0.15, 0.2) is 0 Å². The van der Waals surface area contributed by atoms with Gasteiger partial charge in [-0.25, -0.2) is 4.79 Å². The molecule has 0 saturated carbocycles. The van der Waals surface area contributed by atoms with E-state index >= 15 is 0 Å². The first-order valence-electron chi connectivity index (χ1n) is 3.74. The second-order valence-electron chi connectivity index (χ2n) is 2.83. The summed E-state index contributed by atoms with van der Waals surface area (Å²) >= 11 is 1.65. The lowest BCUT2D eigenvalue weighted by atomic mass is 10.1. The lowest BCUT2D eigenvalue weighted by molar-refractivity contribution is -0.157. The SMILES string of the molecule is COC(=O)C1CSC2CC(=O)N21. The molecular weight excluding hydrogens is 178 g/mol. The Morgan fingerprint density at radius 3 is 3.08 bits per heavy atom. The number of hydrogen-bond donors (Lipinski definition) is 0. The van der Waals surface area contributed by atoms with E-state index in [1.165, 1.54) is 7.11 Å². The van der Waals surface area contributed by atoms with E-state index in [0.717, 1.165) is 0 Å². The molecule has 2 heterocycles. The Labute approximate surface area is 74.2 Å². The number of ether oxygens (including phenoxy) is 1. The third-order valence-corrected chi connectivity index (χ3v) is 3.49. The fourth-order valence-corrected chi connectivity index (χ4v) is 2.90. The molecule has 2 rings (SSSR count). The first kappa shape index (κ1) is 7.91. The molecule has 4 nitrogen and oxygen atoms in total. The van der Waals surface area contributed by atoms with Crippen LogP contribution in [0.4, 0.5) is 0 Å². The lowest BCUT2D eigenvalue weighted by Gasteiger charge is -2.36. The number of nitrogens with zero attached hydrogens (tertiary/aromatic N) is 1. The van der Waals surface area contributed by atoms with Gasteiger partial charge in [-0.2, -0.15) is 0 Å². The van der Waals surface area contributed by atoms with Crippen LogP contribution in [-0.2, 0) is 14.3 Å². The fourth-order valence-electron chi connectivity index (χ4n) is 1.52. The van der Waals surface area contributed by atoms with Crippen molar-refractivity contribution in [3.05, 3.63) is 0 Å². The van der Waals surface area contributed by atoms with E-state index in [9.17, 15) is 9.59 Å². The summed E-state index contributed by atoms with van der Waals surface area (Å²) in [4.78, 5) is 23.8. The van der Waals surface area contributed by atoms with E-state index in [1.54, 1.807) is 16.7 Å². The van der Waals surface area contributed by atoms with Crippen molar-refractivity contribution in [3.8, 4) is 0 Å². The molecule has 0 aromatic carbocycles. The maximum Gasteiger partial charge on any atom is 0.329 e. The van der Waals surface area contributed by atoms with Crippen LogP contribution in [0.1, 0.15) is 6.42 Å². The van der Waals surface area contributed by atoms with Crippen LogP contribution in [0.5, 0.6) is 0 Å². The van der Waals surface area contributed by atoms with Crippen LogP contribution < -0.4 is 0 Å². The van der Waals surface area contributed by atoms with Crippen LogP contribution in [0.3, 0.4) is 0 Å². The minimum Gasteiger partial charge on any atom is -0.467 e. The third kappa shape index (κ3) is 0.924. The Kier molecular flexibility index (Phi) is 1.75. The number of thioether (sulfide) groups is 1. The maximum atomic E-state index is 11.1. The number of hydrogen-bond acceptors (Lipinski definition) is 4. The summed E-state index contributed by atoms with van der Waals surface area (Å²) in [5.41, 5.74) is 0. The van der Waals surface area contributed by atoms with Crippen molar-refractivity contribution in [2.24, 2.45) is 0 Å². The number of methoxy groups -OCH3 is 1. The van der Waals surface area contributed by atoms with Gasteiger partial charge in [-0.3, -0.25) is 4.79 Å². The summed E-state index contributed by atoms with van der Waals surface area (Å²) in [5, 5.41) is 0.238. The minimum absolute atomic E-state index is 0.0698. The van der Waals surface area contributed by atoms with Gasteiger partial charge in [0.25, 0.3) is 0 Å². The number of fused-ring (bicyclic) bond motifs is 1. The molecule has 0 radical (unpaired) electrons. The fraction of sp³-hybridized carbons (Fsp3) is 0.714. The Morgan fingerprint density at radius 2 is 2.50 bits per heavy atom. The van der Waals surface area contributed by atoms with Crippen molar-refractivity contribution in [2.45, 2.75) is 17.8 Å². The van der Waals surface area contributed by atoms with Crippen LogP contribution in [0, 0.1) is 0 Å². The summed E-state index contributed by atoms with van der Waals surface area (Å²) in [7, 11) is 1.35. The van der Waals surface area contributed by atoms with E-state index in [0.29, 0.717) is 12.2 Å². The molecule has 2 fully saturated rings. The largest absolute Gasteiger partial charge is 0.467 e. The normalized spacial score (nSPS) is 32.8. The average molecular weight is 187 g/mol. The molecule has 0 spiro atoms. The van der Waals surface area contributed by atoms with E-state index < -0.39 is 0 Å². The molecule has 66 valence electrons. The Hall–Kier alpha value is -0.710. The third-order valence-electron chi connectivity index (χ3n) is 2.20. The summed E-state index contributed by atoms with van der Waals surface area (Å²) in [6.45, 7) is 0. The van der Waals surface area contributed by atoms with Crippen molar-refractivity contribution >= 4 is 23.6 Å². The zero-order chi connectivity index (χ0) is 8.72. The number of carbonyl (C=O) groups is 2. The molecule has 2 saturated heterocycles. The number of carbonyl (C=O) groups excluding carboxylic acids is 2. The van der Waals surface area contributed by atoms with Gasteiger partial charge in [-0.1, -0.05) is 0 Å². The monoisotopic (exact) mass is 187 g/mol. The standard InChI is InChI=1S/C7H9NO3S/c1-11-7(10)4-3-12-6-2-5(9)8(4)6/h4,6H,2-3H2,1H3. The summed E-state index contributed by atoms with van der Waals surface area (Å²) < 4.78 is 4.59. The van der Waals surface area contributed by atoms with Crippen molar-refractivity contribution in [1.29, 1.82) is 0 Å². The maximum absolute atomic E-state index is 11.1. The molecule has 2 unspecified atom stereocenters. The van der Waals surface area contributed by atoms with Crippen molar-refractivity contribution < 1.29 is 14.3 Å². The molecular formula is C7H9NO3S. The molecule has 2 atom stereocenters. The van der Waals surface area contributed by atoms with Crippen molar-refractivity contribution in [2.75, 3.05) is 12.9 Å². The van der Waals surface area contributed by atoms with E-state index in [4.69, 9.17) is 0 Å². The van der Waals surface area contributed by atoms with Gasteiger partial charge < -0.3 is 9.64 Å². The molecule has 2 aliphatic rings. The van der Waals surface area contributed by atoms with Crippen molar-refractivity contribution in [3.63, 3.8) is 0 Å². The summed E-state index contributed by atoms with van der Waals surface area (Å²) in [6, 6.07) is -0.328. The molecule has 1 amide bonds. The highest BCUT2D eigenvalue weighted by Crippen LogP contribution is 2.39. The van der Waals surface area contributed by atoms with Gasteiger partial charge in [-0.05, 0) is 0 Å². The molecule has 12 heavy (non-hydrogen) atoms. The van der Waals surface area contributed by atoms with Crippen LogP contribution in [0.25, 0.3) is 0 Å². The molecule has 5 heteroatoms. The van der Waals surface area contributed by atoms with Gasteiger partial charge in [0.2, 0.25) is 5.91 Å².